The molecule has 4 heteroatoms. The highest BCUT2D eigenvalue weighted by atomic mass is 16.5. The molecule has 0 spiro atoms. The number of carbonyl (C=O) groups excluding carboxylic acids is 1. The van der Waals surface area contributed by atoms with Gasteiger partial charge in [0.15, 0.2) is 0 Å². The number of hydrogen-bond acceptors (Lipinski definition) is 3. The Balaban J connectivity index is 1.90. The molecule has 0 saturated carbocycles. The summed E-state index contributed by atoms with van der Waals surface area (Å²) in [5, 5.41) is 3.55. The summed E-state index contributed by atoms with van der Waals surface area (Å²) in [5.74, 6) is 0.932. The van der Waals surface area contributed by atoms with Gasteiger partial charge < -0.3 is 15.0 Å². The first-order valence-corrected chi connectivity index (χ1v) is 9.64. The number of anilines is 1. The molecular formula is C22H28N2O2. The second-order valence-corrected chi connectivity index (χ2v) is 6.68. The van der Waals surface area contributed by atoms with Crippen LogP contribution in [0.3, 0.4) is 0 Å². The summed E-state index contributed by atoms with van der Waals surface area (Å²) in [6.45, 7) is 5.69. The maximum Gasteiger partial charge on any atom is 0.257 e. The number of ether oxygens (including phenoxy) is 1. The number of hydrogen-bond donors (Lipinski definition) is 1. The molecule has 1 atom stereocenters. The lowest BCUT2D eigenvalue weighted by molar-refractivity contribution is 0.0680. The molecule has 4 nitrogen and oxygen atoms in total. The van der Waals surface area contributed by atoms with Crippen LogP contribution in [-0.2, 0) is 0 Å². The Morgan fingerprint density at radius 3 is 2.58 bits per heavy atom. The monoisotopic (exact) mass is 352 g/mol. The van der Waals surface area contributed by atoms with Crippen molar-refractivity contribution in [1.82, 2.24) is 4.90 Å². The molecule has 1 aliphatic rings. The molecule has 2 aromatic rings. The number of rotatable bonds is 8. The van der Waals surface area contributed by atoms with E-state index in [9.17, 15) is 4.79 Å². The zero-order valence-electron chi connectivity index (χ0n) is 15.7. The van der Waals surface area contributed by atoms with E-state index < -0.39 is 0 Å². The van der Waals surface area contributed by atoms with Crippen molar-refractivity contribution in [3.05, 3.63) is 59.7 Å². The molecule has 2 aromatic carbocycles. The lowest BCUT2D eigenvalue weighted by atomic mass is 10.0. The fourth-order valence-electron chi connectivity index (χ4n) is 3.38. The highest BCUT2D eigenvalue weighted by Gasteiger charge is 2.33. The van der Waals surface area contributed by atoms with E-state index in [2.05, 4.69) is 25.2 Å². The first-order valence-electron chi connectivity index (χ1n) is 9.64. The van der Waals surface area contributed by atoms with Crippen molar-refractivity contribution in [2.24, 2.45) is 0 Å². The Morgan fingerprint density at radius 2 is 1.77 bits per heavy atom. The fourth-order valence-corrected chi connectivity index (χ4v) is 3.38. The van der Waals surface area contributed by atoms with E-state index in [1.807, 2.05) is 47.4 Å². The van der Waals surface area contributed by atoms with Crippen molar-refractivity contribution >= 4 is 11.6 Å². The van der Waals surface area contributed by atoms with E-state index in [0.717, 1.165) is 41.8 Å². The molecule has 138 valence electrons. The van der Waals surface area contributed by atoms with Crippen molar-refractivity contribution in [3.63, 3.8) is 0 Å². The number of nitrogens with one attached hydrogen (secondary N) is 1. The van der Waals surface area contributed by atoms with Crippen LogP contribution in [0.25, 0.3) is 0 Å². The van der Waals surface area contributed by atoms with Crippen LogP contribution in [-0.4, -0.2) is 24.0 Å². The highest BCUT2D eigenvalue weighted by Crippen LogP contribution is 2.36. The molecule has 0 aliphatic carbocycles. The topological polar surface area (TPSA) is 41.6 Å². The Hall–Kier alpha value is -2.49. The minimum Gasteiger partial charge on any atom is -0.493 e. The standard InChI is InChI=1S/C22H28N2O2/c1-3-5-10-16-26-20-14-9-7-12-18(20)21-23-19-13-8-6-11-17(19)22(25)24(21)15-4-2/h6-9,11-14,21,23H,3-5,10,15-16H2,1-2H3. The molecule has 1 aliphatic heterocycles. The lowest BCUT2D eigenvalue weighted by Gasteiger charge is -2.38. The van der Waals surface area contributed by atoms with Gasteiger partial charge in [0.25, 0.3) is 5.91 Å². The largest absolute Gasteiger partial charge is 0.493 e. The quantitative estimate of drug-likeness (QED) is 0.661. The van der Waals surface area contributed by atoms with E-state index in [1.54, 1.807) is 0 Å². The van der Waals surface area contributed by atoms with Crippen LogP contribution in [0.2, 0.25) is 0 Å². The number of benzene rings is 2. The highest BCUT2D eigenvalue weighted by molar-refractivity contribution is 6.01. The molecule has 0 aromatic heterocycles. The number of unbranched alkanes of at least 4 members (excludes halogenated alkanes) is 2. The van der Waals surface area contributed by atoms with Crippen molar-refractivity contribution in [1.29, 1.82) is 0 Å². The van der Waals surface area contributed by atoms with Gasteiger partial charge >= 0.3 is 0 Å². The first kappa shape index (κ1) is 18.3. The van der Waals surface area contributed by atoms with Gasteiger partial charge in [0.1, 0.15) is 11.9 Å². The second-order valence-electron chi connectivity index (χ2n) is 6.68. The van der Waals surface area contributed by atoms with Crippen LogP contribution >= 0.6 is 0 Å². The molecule has 1 heterocycles. The third kappa shape index (κ3) is 3.85. The minimum absolute atomic E-state index is 0.0759. The molecule has 1 unspecified atom stereocenters. The van der Waals surface area contributed by atoms with E-state index in [-0.39, 0.29) is 12.1 Å². The Kier molecular flexibility index (Phi) is 6.16. The average molecular weight is 352 g/mol. The Morgan fingerprint density at radius 1 is 1.00 bits per heavy atom. The molecule has 0 saturated heterocycles. The number of carbonyl (C=O) groups is 1. The van der Waals surface area contributed by atoms with Gasteiger partial charge in [-0.15, -0.1) is 0 Å². The number of nitrogens with zero attached hydrogens (tertiary/aromatic N) is 1. The smallest absolute Gasteiger partial charge is 0.257 e. The van der Waals surface area contributed by atoms with Gasteiger partial charge in [-0.25, -0.2) is 0 Å². The maximum absolute atomic E-state index is 13.0. The van der Waals surface area contributed by atoms with E-state index in [1.165, 1.54) is 6.42 Å². The van der Waals surface area contributed by atoms with Crippen LogP contribution in [0.5, 0.6) is 5.75 Å². The van der Waals surface area contributed by atoms with Crippen LogP contribution < -0.4 is 10.1 Å². The minimum atomic E-state index is -0.209. The molecule has 3 rings (SSSR count). The normalized spacial score (nSPS) is 16.2. The van der Waals surface area contributed by atoms with Crippen molar-refractivity contribution in [2.75, 3.05) is 18.5 Å². The van der Waals surface area contributed by atoms with E-state index >= 15 is 0 Å². The average Bonchev–Trinajstić information content (AvgIpc) is 2.68. The zero-order valence-corrected chi connectivity index (χ0v) is 15.7. The number of amides is 1. The van der Waals surface area contributed by atoms with Crippen LogP contribution in [0, 0.1) is 0 Å². The van der Waals surface area contributed by atoms with Crippen LogP contribution in [0.15, 0.2) is 48.5 Å². The van der Waals surface area contributed by atoms with Crippen molar-refractivity contribution in [2.45, 2.75) is 45.7 Å². The first-order chi connectivity index (χ1) is 12.8. The Bertz CT molecular complexity index is 744. The summed E-state index contributed by atoms with van der Waals surface area (Å²) < 4.78 is 6.06. The molecule has 1 amide bonds. The SMILES string of the molecule is CCCCCOc1ccccc1C1Nc2ccccc2C(=O)N1CCC. The third-order valence-electron chi connectivity index (χ3n) is 4.71. The van der Waals surface area contributed by atoms with E-state index in [0.29, 0.717) is 13.2 Å². The lowest BCUT2D eigenvalue weighted by Crippen LogP contribution is -2.43. The van der Waals surface area contributed by atoms with Gasteiger partial charge in [-0.2, -0.15) is 0 Å². The van der Waals surface area contributed by atoms with Gasteiger partial charge in [-0.3, -0.25) is 4.79 Å². The van der Waals surface area contributed by atoms with E-state index in [4.69, 9.17) is 4.74 Å². The fraction of sp³-hybridized carbons (Fsp3) is 0.409. The number of fused-ring (bicyclic) bond motifs is 1. The third-order valence-corrected chi connectivity index (χ3v) is 4.71. The van der Waals surface area contributed by atoms with Crippen molar-refractivity contribution in [3.8, 4) is 5.75 Å². The molecule has 1 N–H and O–H groups in total. The Labute approximate surface area is 156 Å². The van der Waals surface area contributed by atoms with Gasteiger partial charge in [0.05, 0.1) is 12.2 Å². The van der Waals surface area contributed by atoms with Gasteiger partial charge in [0, 0.05) is 17.8 Å². The zero-order chi connectivity index (χ0) is 18.4. The van der Waals surface area contributed by atoms with Gasteiger partial charge in [-0.1, -0.05) is 57.0 Å². The summed E-state index contributed by atoms with van der Waals surface area (Å²) in [6, 6.07) is 15.8. The molecule has 26 heavy (non-hydrogen) atoms. The van der Waals surface area contributed by atoms with Gasteiger partial charge in [-0.05, 0) is 31.0 Å². The molecule has 0 bridgehead atoms. The molecule has 0 fully saturated rings. The predicted molar refractivity (Wildman–Crippen MR) is 106 cm³/mol. The molecular weight excluding hydrogens is 324 g/mol. The summed E-state index contributed by atoms with van der Waals surface area (Å²) >= 11 is 0. The maximum atomic E-state index is 13.0. The van der Waals surface area contributed by atoms with Crippen LogP contribution in [0.4, 0.5) is 5.69 Å². The molecule has 0 radical (unpaired) electrons. The van der Waals surface area contributed by atoms with Crippen molar-refractivity contribution < 1.29 is 9.53 Å². The second kappa shape index (κ2) is 8.75. The van der Waals surface area contributed by atoms with Gasteiger partial charge in [0.2, 0.25) is 0 Å². The summed E-state index contributed by atoms with van der Waals surface area (Å²) in [7, 11) is 0. The summed E-state index contributed by atoms with van der Waals surface area (Å²) in [6.07, 6.45) is 4.08. The van der Waals surface area contributed by atoms with Crippen LogP contribution in [0.1, 0.15) is 61.6 Å². The number of para-hydroxylation sites is 2. The predicted octanol–water partition coefficient (Wildman–Crippen LogP) is 5.23. The summed E-state index contributed by atoms with van der Waals surface area (Å²) in [4.78, 5) is 15.0. The summed E-state index contributed by atoms with van der Waals surface area (Å²) in [5.41, 5.74) is 2.63.